The number of esters is 1. The highest BCUT2D eigenvalue weighted by Gasteiger charge is 2.17. The first-order valence-corrected chi connectivity index (χ1v) is 11.1. The van der Waals surface area contributed by atoms with Crippen LogP contribution in [0.5, 0.6) is 5.75 Å². The Hall–Kier alpha value is -4.65. The maximum Gasteiger partial charge on any atom is 0.345 e. The van der Waals surface area contributed by atoms with Crippen molar-refractivity contribution >= 4 is 16.9 Å². The number of fused-ring (bicyclic) bond motifs is 1. The highest BCUT2D eigenvalue weighted by molar-refractivity contribution is 5.90. The van der Waals surface area contributed by atoms with Crippen LogP contribution < -0.4 is 10.4 Å². The fraction of sp³-hybridized carbons (Fsp3) is 0.107. The van der Waals surface area contributed by atoms with E-state index < -0.39 is 5.63 Å². The van der Waals surface area contributed by atoms with Gasteiger partial charge in [0.25, 0.3) is 0 Å². The summed E-state index contributed by atoms with van der Waals surface area (Å²) in [6.07, 6.45) is 0. The van der Waals surface area contributed by atoms with E-state index in [1.54, 1.807) is 49.0 Å². The molecule has 0 aliphatic rings. The Labute approximate surface area is 201 Å². The Morgan fingerprint density at radius 2 is 1.74 bits per heavy atom. The predicted octanol–water partition coefficient (Wildman–Crippen LogP) is 5.50. The molecule has 35 heavy (non-hydrogen) atoms. The quantitative estimate of drug-likeness (QED) is 0.243. The Bertz CT molecular complexity index is 1570. The summed E-state index contributed by atoms with van der Waals surface area (Å²) in [5.41, 5.74) is 3.67. The zero-order chi connectivity index (χ0) is 24.4. The van der Waals surface area contributed by atoms with Crippen molar-refractivity contribution in [1.29, 1.82) is 0 Å². The molecule has 2 aromatic heterocycles. The molecule has 0 atom stereocenters. The normalized spacial score (nSPS) is 10.9. The largest absolute Gasteiger partial charge is 0.497 e. The Morgan fingerprint density at radius 3 is 2.46 bits per heavy atom. The average Bonchev–Trinajstić information content (AvgIpc) is 3.34. The zero-order valence-electron chi connectivity index (χ0n) is 19.2. The lowest BCUT2D eigenvalue weighted by Gasteiger charge is -2.08. The van der Waals surface area contributed by atoms with Crippen molar-refractivity contribution in [3.63, 3.8) is 0 Å². The number of carbonyl (C=O) groups excluding carboxylic acids is 1. The molecule has 2 heterocycles. The smallest absolute Gasteiger partial charge is 0.345 e. The zero-order valence-corrected chi connectivity index (χ0v) is 19.2. The highest BCUT2D eigenvalue weighted by Crippen LogP contribution is 2.30. The van der Waals surface area contributed by atoms with Gasteiger partial charge in [-0.05, 0) is 61.5 Å². The fourth-order valence-electron chi connectivity index (χ4n) is 3.88. The molecule has 0 saturated carbocycles. The third kappa shape index (κ3) is 4.31. The van der Waals surface area contributed by atoms with Crippen LogP contribution in [0.4, 0.5) is 0 Å². The molecule has 7 heteroatoms. The van der Waals surface area contributed by atoms with E-state index in [0.717, 1.165) is 22.3 Å². The molecule has 0 aliphatic carbocycles. The van der Waals surface area contributed by atoms with Crippen LogP contribution >= 0.6 is 0 Å². The number of hydrogen-bond acceptors (Lipinski definition) is 6. The van der Waals surface area contributed by atoms with Gasteiger partial charge >= 0.3 is 11.6 Å². The van der Waals surface area contributed by atoms with Crippen LogP contribution in [0, 0.1) is 0 Å². The first-order valence-electron chi connectivity index (χ1n) is 11.1. The van der Waals surface area contributed by atoms with Crippen molar-refractivity contribution in [3.05, 3.63) is 101 Å². The number of rotatable bonds is 6. The number of nitrogens with zero attached hydrogens (tertiary/aromatic N) is 2. The first-order chi connectivity index (χ1) is 17.1. The number of aromatic nitrogens is 2. The molecule has 174 valence electrons. The third-order valence-electron chi connectivity index (χ3n) is 5.62. The Kier molecular flexibility index (Phi) is 5.89. The van der Waals surface area contributed by atoms with Gasteiger partial charge in [-0.2, -0.15) is 5.10 Å². The summed E-state index contributed by atoms with van der Waals surface area (Å²) in [4.78, 5) is 24.9. The van der Waals surface area contributed by atoms with Crippen molar-refractivity contribution in [3.8, 4) is 34.0 Å². The second-order valence-corrected chi connectivity index (χ2v) is 7.81. The van der Waals surface area contributed by atoms with E-state index in [1.807, 2.05) is 54.6 Å². The molecule has 7 nitrogen and oxygen atoms in total. The summed E-state index contributed by atoms with van der Waals surface area (Å²) in [6, 6.07) is 25.6. The van der Waals surface area contributed by atoms with E-state index in [0.29, 0.717) is 34.8 Å². The number of carbonyl (C=O) groups is 1. The molecule has 3 aromatic carbocycles. The SMILES string of the molecule is CCOC(=O)c1ccc(-c2cc(-c3cc4cc(OC)ccc4oc3=O)nn2-c2ccccc2)cc1. The molecule has 0 bridgehead atoms. The second kappa shape index (κ2) is 9.30. The van der Waals surface area contributed by atoms with E-state index >= 15 is 0 Å². The molecule has 5 aromatic rings. The van der Waals surface area contributed by atoms with E-state index in [-0.39, 0.29) is 5.97 Å². The summed E-state index contributed by atoms with van der Waals surface area (Å²) in [7, 11) is 1.59. The van der Waals surface area contributed by atoms with Crippen molar-refractivity contribution in [2.24, 2.45) is 0 Å². The van der Waals surface area contributed by atoms with Gasteiger partial charge in [0.05, 0.1) is 36.2 Å². The van der Waals surface area contributed by atoms with Crippen LogP contribution in [0.3, 0.4) is 0 Å². The standard InChI is InChI=1S/C28H22N2O5/c1-3-34-27(31)19-11-9-18(10-12-19)25-17-24(29-30(25)21-7-5-4-6-8-21)23-16-20-15-22(33-2)13-14-26(20)35-28(23)32/h4-17H,3H2,1-2H3. The maximum absolute atomic E-state index is 12.9. The lowest BCUT2D eigenvalue weighted by molar-refractivity contribution is 0.0526. The first kappa shape index (κ1) is 22.2. The van der Waals surface area contributed by atoms with Crippen LogP contribution in [0.25, 0.3) is 39.2 Å². The number of para-hydroxylation sites is 1. The predicted molar refractivity (Wildman–Crippen MR) is 133 cm³/mol. The number of hydrogen-bond donors (Lipinski definition) is 0. The summed E-state index contributed by atoms with van der Waals surface area (Å²) in [5.74, 6) is 0.287. The van der Waals surface area contributed by atoms with Crippen LogP contribution in [0.15, 0.2) is 94.1 Å². The monoisotopic (exact) mass is 466 g/mol. The Balaban J connectivity index is 1.65. The molecule has 0 N–H and O–H groups in total. The number of methoxy groups -OCH3 is 1. The Morgan fingerprint density at radius 1 is 0.971 bits per heavy atom. The van der Waals surface area contributed by atoms with Crippen LogP contribution in [-0.2, 0) is 4.74 Å². The van der Waals surface area contributed by atoms with Gasteiger partial charge < -0.3 is 13.9 Å². The lowest BCUT2D eigenvalue weighted by atomic mass is 10.1. The minimum atomic E-state index is -0.482. The van der Waals surface area contributed by atoms with Gasteiger partial charge in [-0.3, -0.25) is 0 Å². The van der Waals surface area contributed by atoms with Gasteiger partial charge in [-0.15, -0.1) is 0 Å². The van der Waals surface area contributed by atoms with Crippen LogP contribution in [-0.4, -0.2) is 29.5 Å². The minimum absolute atomic E-state index is 0.310. The molecule has 5 rings (SSSR count). The van der Waals surface area contributed by atoms with Crippen LogP contribution in [0.2, 0.25) is 0 Å². The number of ether oxygens (including phenoxy) is 2. The van der Waals surface area contributed by atoms with E-state index in [2.05, 4.69) is 0 Å². The van der Waals surface area contributed by atoms with Crippen molar-refractivity contribution in [1.82, 2.24) is 9.78 Å². The summed E-state index contributed by atoms with van der Waals surface area (Å²) >= 11 is 0. The van der Waals surface area contributed by atoms with Crippen molar-refractivity contribution < 1.29 is 18.7 Å². The van der Waals surface area contributed by atoms with E-state index in [9.17, 15) is 9.59 Å². The lowest BCUT2D eigenvalue weighted by Crippen LogP contribution is -2.05. The number of benzene rings is 3. The van der Waals surface area contributed by atoms with Gasteiger partial charge in [-0.25, -0.2) is 14.3 Å². The maximum atomic E-state index is 12.9. The molecular formula is C28H22N2O5. The molecule has 0 spiro atoms. The second-order valence-electron chi connectivity index (χ2n) is 7.81. The average molecular weight is 466 g/mol. The van der Waals surface area contributed by atoms with Gasteiger partial charge in [-0.1, -0.05) is 30.3 Å². The summed E-state index contributed by atoms with van der Waals surface area (Å²) in [6.45, 7) is 2.08. The summed E-state index contributed by atoms with van der Waals surface area (Å²) in [5, 5.41) is 5.49. The molecule has 0 fully saturated rings. The molecule has 0 unspecified atom stereocenters. The van der Waals surface area contributed by atoms with Gasteiger partial charge in [0.15, 0.2) is 0 Å². The van der Waals surface area contributed by atoms with Crippen molar-refractivity contribution in [2.45, 2.75) is 6.92 Å². The van der Waals surface area contributed by atoms with Crippen molar-refractivity contribution in [2.75, 3.05) is 13.7 Å². The van der Waals surface area contributed by atoms with E-state index in [4.69, 9.17) is 19.0 Å². The van der Waals surface area contributed by atoms with Gasteiger partial charge in [0, 0.05) is 10.9 Å². The topological polar surface area (TPSA) is 83.6 Å². The third-order valence-corrected chi connectivity index (χ3v) is 5.62. The van der Waals surface area contributed by atoms with E-state index in [1.165, 1.54) is 0 Å². The molecule has 0 amide bonds. The van der Waals surface area contributed by atoms with Crippen LogP contribution in [0.1, 0.15) is 17.3 Å². The summed E-state index contributed by atoms with van der Waals surface area (Å²) < 4.78 is 17.7. The van der Waals surface area contributed by atoms with Gasteiger partial charge in [0.2, 0.25) is 0 Å². The fourth-order valence-corrected chi connectivity index (χ4v) is 3.88. The van der Waals surface area contributed by atoms with Gasteiger partial charge in [0.1, 0.15) is 17.0 Å². The molecule has 0 radical (unpaired) electrons. The molecular weight excluding hydrogens is 444 g/mol. The molecule has 0 aliphatic heterocycles. The molecule has 0 saturated heterocycles. The minimum Gasteiger partial charge on any atom is -0.497 e. The highest BCUT2D eigenvalue weighted by atomic mass is 16.5.